The summed E-state index contributed by atoms with van der Waals surface area (Å²) in [5, 5.41) is 12.4. The maximum atomic E-state index is 14.8. The molecule has 4 N–H and O–H groups in total. The van der Waals surface area contributed by atoms with Crippen LogP contribution in [0.2, 0.25) is 0 Å². The number of pyridine rings is 1. The van der Waals surface area contributed by atoms with Crippen molar-refractivity contribution in [2.45, 2.75) is 19.5 Å². The summed E-state index contributed by atoms with van der Waals surface area (Å²) in [5.74, 6) is -1.75. The number of hydrogen-bond donors (Lipinski definition) is 4. The van der Waals surface area contributed by atoms with Gasteiger partial charge < -0.3 is 15.6 Å². The number of rotatable bonds is 7. The summed E-state index contributed by atoms with van der Waals surface area (Å²) in [6.07, 6.45) is 3.72. The van der Waals surface area contributed by atoms with Gasteiger partial charge in [0.2, 0.25) is 6.17 Å². The second kappa shape index (κ2) is 11.4. The lowest BCUT2D eigenvalue weighted by Gasteiger charge is -2.13. The Hall–Kier alpha value is -4.96. The van der Waals surface area contributed by atoms with E-state index in [1.54, 1.807) is 42.6 Å². The molecular formula is C29H23ClFN7O2. The minimum Gasteiger partial charge on any atom is -0.334 e. The first-order valence-electron chi connectivity index (χ1n) is 12.3. The van der Waals surface area contributed by atoms with Gasteiger partial charge in [0, 0.05) is 28.6 Å². The summed E-state index contributed by atoms with van der Waals surface area (Å²) in [7, 11) is 0. The number of imidazole rings is 1. The molecule has 2 amide bonds. The molecule has 3 heterocycles. The molecule has 0 aliphatic carbocycles. The predicted octanol–water partition coefficient (Wildman–Crippen LogP) is 4.95. The normalized spacial score (nSPS) is 14.7. The lowest BCUT2D eigenvalue weighted by Crippen LogP contribution is -2.42. The lowest BCUT2D eigenvalue weighted by atomic mass is 10.0. The Kier molecular flexibility index (Phi) is 7.61. The lowest BCUT2D eigenvalue weighted by molar-refractivity contribution is -0.117. The number of amides is 2. The van der Waals surface area contributed by atoms with E-state index in [-0.39, 0.29) is 28.1 Å². The monoisotopic (exact) mass is 555 g/mol. The summed E-state index contributed by atoms with van der Waals surface area (Å²) in [6.45, 7) is 1.98. The molecule has 1 atom stereocenters. The van der Waals surface area contributed by atoms with E-state index in [1.807, 2.05) is 19.1 Å². The van der Waals surface area contributed by atoms with E-state index >= 15 is 0 Å². The molecule has 1 aliphatic rings. The summed E-state index contributed by atoms with van der Waals surface area (Å²) in [6, 6.07) is 17.0. The van der Waals surface area contributed by atoms with Crippen LogP contribution < -0.4 is 10.6 Å². The van der Waals surface area contributed by atoms with E-state index in [0.717, 1.165) is 12.1 Å². The summed E-state index contributed by atoms with van der Waals surface area (Å²) in [5.41, 5.74) is 3.10. The van der Waals surface area contributed by atoms with Crippen LogP contribution in [0.15, 0.2) is 77.9 Å². The first-order chi connectivity index (χ1) is 19.3. The van der Waals surface area contributed by atoms with Crippen molar-refractivity contribution in [2.75, 3.05) is 5.32 Å². The Labute approximate surface area is 233 Å². The zero-order valence-electron chi connectivity index (χ0n) is 21.2. The molecule has 0 saturated carbocycles. The van der Waals surface area contributed by atoms with Crippen LogP contribution in [0, 0.1) is 11.2 Å². The first kappa shape index (κ1) is 26.6. The maximum absolute atomic E-state index is 14.8. The van der Waals surface area contributed by atoms with Crippen LogP contribution in [0.1, 0.15) is 40.1 Å². The predicted molar refractivity (Wildman–Crippen MR) is 152 cm³/mol. The van der Waals surface area contributed by atoms with Gasteiger partial charge in [-0.25, -0.2) is 14.4 Å². The minimum atomic E-state index is -1.39. The fraction of sp³-hybridized carbons (Fsp3) is 0.103. The van der Waals surface area contributed by atoms with Gasteiger partial charge in [-0.3, -0.25) is 20.0 Å². The van der Waals surface area contributed by atoms with Crippen molar-refractivity contribution in [3.8, 4) is 11.3 Å². The van der Waals surface area contributed by atoms with Crippen LogP contribution in [-0.4, -0.2) is 43.8 Å². The fourth-order valence-electron chi connectivity index (χ4n) is 4.19. The Morgan fingerprint density at radius 2 is 1.93 bits per heavy atom. The number of aryl methyl sites for hydroxylation is 1. The summed E-state index contributed by atoms with van der Waals surface area (Å²) < 4.78 is 14.8. The molecule has 0 spiro atoms. The number of carbonyl (C=O) groups is 2. The Balaban J connectivity index is 1.55. The van der Waals surface area contributed by atoms with Gasteiger partial charge in [0.25, 0.3) is 11.8 Å². The first-order valence-corrected chi connectivity index (χ1v) is 12.7. The third-order valence-electron chi connectivity index (χ3n) is 6.14. The highest BCUT2D eigenvalue weighted by atomic mass is 35.5. The van der Waals surface area contributed by atoms with Gasteiger partial charge in [-0.2, -0.15) is 0 Å². The van der Waals surface area contributed by atoms with Crippen LogP contribution in [-0.2, 0) is 11.2 Å². The number of aromatic nitrogens is 3. The van der Waals surface area contributed by atoms with Crippen LogP contribution >= 0.6 is 11.6 Å². The van der Waals surface area contributed by atoms with Gasteiger partial charge in [-0.15, -0.1) is 0 Å². The van der Waals surface area contributed by atoms with E-state index in [0.29, 0.717) is 22.4 Å². The van der Waals surface area contributed by atoms with Crippen LogP contribution in [0.25, 0.3) is 17.3 Å². The quantitative estimate of drug-likeness (QED) is 0.240. The molecular weight excluding hydrogens is 533 g/mol. The molecule has 0 saturated heterocycles. The molecule has 9 nitrogen and oxygen atoms in total. The number of aliphatic imine (C=N–C) groups is 1. The highest BCUT2D eigenvalue weighted by molar-refractivity contribution is 6.67. The molecule has 1 aliphatic heterocycles. The Bertz CT molecular complexity index is 1660. The smallest absolute Gasteiger partial charge is 0.272 e. The number of carbonyl (C=O) groups excluding carboxylic acids is 2. The number of para-hydroxylation sites is 1. The van der Waals surface area contributed by atoms with Crippen LogP contribution in [0.5, 0.6) is 0 Å². The summed E-state index contributed by atoms with van der Waals surface area (Å²) >= 11 is 5.64. The number of H-pyrrole nitrogens is 1. The molecule has 0 bridgehead atoms. The molecule has 11 heteroatoms. The molecule has 0 fully saturated rings. The number of nitrogens with zero attached hydrogens (tertiary/aromatic N) is 3. The molecule has 1 unspecified atom stereocenters. The maximum Gasteiger partial charge on any atom is 0.272 e. The van der Waals surface area contributed by atoms with Crippen LogP contribution in [0.4, 0.5) is 10.1 Å². The summed E-state index contributed by atoms with van der Waals surface area (Å²) in [4.78, 5) is 43.2. The molecule has 40 heavy (non-hydrogen) atoms. The standard InChI is InChI=1S/C29H23ClFN7O2/c1-2-18-12-11-17(15-33-18)24-26(35-22(34-24)14-13-21(30)32)28(39)38-27-29(40)37-25-19(9-6-10-20(25)31)23(36-27)16-7-4-3-5-8-16/h3-15,27,32H,2H2,1H3,(H,34,35)(H,37,40)(H,38,39)/b14-13-,32-21?. The van der Waals surface area contributed by atoms with Gasteiger partial charge in [0.1, 0.15) is 28.2 Å². The molecule has 5 rings (SSSR count). The average molecular weight is 556 g/mol. The van der Waals surface area contributed by atoms with Crippen molar-refractivity contribution in [1.82, 2.24) is 20.3 Å². The Morgan fingerprint density at radius 3 is 2.62 bits per heavy atom. The minimum absolute atomic E-state index is 0.0212. The highest BCUT2D eigenvalue weighted by Crippen LogP contribution is 2.27. The highest BCUT2D eigenvalue weighted by Gasteiger charge is 2.30. The molecule has 2 aromatic heterocycles. The van der Waals surface area contributed by atoms with E-state index in [1.165, 1.54) is 24.3 Å². The number of nitrogens with one attached hydrogen (secondary N) is 4. The number of benzodiazepines with no additional fused rings is 1. The second-order valence-electron chi connectivity index (χ2n) is 8.79. The van der Waals surface area contributed by atoms with Crippen molar-refractivity contribution in [2.24, 2.45) is 4.99 Å². The number of fused-ring (bicyclic) bond motifs is 1. The van der Waals surface area contributed by atoms with Crippen molar-refractivity contribution in [3.63, 3.8) is 0 Å². The van der Waals surface area contributed by atoms with Crippen LogP contribution in [0.3, 0.4) is 0 Å². The second-order valence-corrected chi connectivity index (χ2v) is 9.20. The molecule has 0 radical (unpaired) electrons. The van der Waals surface area contributed by atoms with Crippen molar-refractivity contribution < 1.29 is 14.0 Å². The van der Waals surface area contributed by atoms with Gasteiger partial charge in [0.05, 0.1) is 11.4 Å². The molecule has 200 valence electrons. The molecule has 2 aromatic carbocycles. The fourth-order valence-corrected chi connectivity index (χ4v) is 4.25. The SMILES string of the molecule is CCc1ccc(-c2nc(/C=C\C(=N)Cl)[nH]c2C(=O)NC2N=C(c3ccccc3)c3cccc(F)c3NC2=O)cn1. The Morgan fingerprint density at radius 1 is 1.12 bits per heavy atom. The van der Waals surface area contributed by atoms with Gasteiger partial charge >= 0.3 is 0 Å². The van der Waals surface area contributed by atoms with E-state index in [9.17, 15) is 14.0 Å². The zero-order chi connectivity index (χ0) is 28.2. The van der Waals surface area contributed by atoms with E-state index in [4.69, 9.17) is 17.0 Å². The largest absolute Gasteiger partial charge is 0.334 e. The third kappa shape index (κ3) is 5.57. The third-order valence-corrected chi connectivity index (χ3v) is 6.26. The number of allylic oxidation sites excluding steroid dienone is 1. The van der Waals surface area contributed by atoms with Crippen molar-refractivity contribution in [3.05, 3.63) is 107 Å². The number of anilines is 1. The van der Waals surface area contributed by atoms with Crippen molar-refractivity contribution in [1.29, 1.82) is 5.41 Å². The van der Waals surface area contributed by atoms with Gasteiger partial charge in [-0.05, 0) is 36.8 Å². The average Bonchev–Trinajstić information content (AvgIpc) is 3.34. The topological polar surface area (TPSA) is 136 Å². The number of halogens is 2. The van der Waals surface area contributed by atoms with Gasteiger partial charge in [0.15, 0.2) is 0 Å². The molecule has 4 aromatic rings. The van der Waals surface area contributed by atoms with Crippen molar-refractivity contribution >= 4 is 46.1 Å². The van der Waals surface area contributed by atoms with Gasteiger partial charge in [-0.1, -0.05) is 61.0 Å². The van der Waals surface area contributed by atoms with E-state index in [2.05, 4.69) is 30.6 Å². The number of hydrogen-bond acceptors (Lipinski definition) is 6. The zero-order valence-corrected chi connectivity index (χ0v) is 22.0. The number of benzene rings is 2. The number of aromatic amines is 1. The van der Waals surface area contributed by atoms with E-state index < -0.39 is 23.8 Å².